The van der Waals surface area contributed by atoms with Crippen molar-refractivity contribution in [3.8, 4) is 11.1 Å². The molecule has 25 heavy (non-hydrogen) atoms. The van der Waals surface area contributed by atoms with Crippen LogP contribution in [0.5, 0.6) is 0 Å². The van der Waals surface area contributed by atoms with Gasteiger partial charge in [-0.2, -0.15) is 0 Å². The van der Waals surface area contributed by atoms with Gasteiger partial charge in [-0.15, -0.1) is 11.8 Å². The molecule has 1 unspecified atom stereocenters. The van der Waals surface area contributed by atoms with Gasteiger partial charge in [-0.05, 0) is 5.56 Å². The Morgan fingerprint density at radius 3 is 2.88 bits per heavy atom. The molecule has 3 heterocycles. The molecular formula is C18H14FN3O2S. The van der Waals surface area contributed by atoms with E-state index in [1.165, 1.54) is 11.8 Å². The lowest BCUT2D eigenvalue weighted by Crippen LogP contribution is -2.35. The summed E-state index contributed by atoms with van der Waals surface area (Å²) in [6, 6.07) is 9.02. The minimum atomic E-state index is -0.976. The molecule has 1 atom stereocenters. The van der Waals surface area contributed by atoms with Crippen LogP contribution in [-0.2, 0) is 10.3 Å². The number of nitrogens with two attached hydrogens (primary N) is 1. The van der Waals surface area contributed by atoms with E-state index in [9.17, 15) is 9.18 Å². The summed E-state index contributed by atoms with van der Waals surface area (Å²) in [7, 11) is 0. The normalized spacial score (nSPS) is 21.4. The van der Waals surface area contributed by atoms with Crippen LogP contribution in [0, 0.1) is 5.82 Å². The molecule has 0 aliphatic carbocycles. The molecule has 1 aromatic carbocycles. The highest BCUT2D eigenvalue weighted by Gasteiger charge is 2.47. The third-order valence-corrected chi connectivity index (χ3v) is 5.11. The van der Waals surface area contributed by atoms with Crippen molar-refractivity contribution in [2.45, 2.75) is 5.54 Å². The monoisotopic (exact) mass is 355 g/mol. The maximum Gasteiger partial charge on any atom is 0.267 e. The van der Waals surface area contributed by atoms with Crippen molar-refractivity contribution in [1.82, 2.24) is 4.98 Å². The second kappa shape index (κ2) is 6.00. The van der Waals surface area contributed by atoms with Crippen molar-refractivity contribution in [3.63, 3.8) is 0 Å². The highest BCUT2D eigenvalue weighted by atomic mass is 32.2. The van der Waals surface area contributed by atoms with Gasteiger partial charge in [0.25, 0.3) is 5.91 Å². The lowest BCUT2D eigenvalue weighted by atomic mass is 9.80. The Hall–Kier alpha value is -2.67. The molecule has 5 nitrogen and oxygen atoms in total. The summed E-state index contributed by atoms with van der Waals surface area (Å²) in [6.45, 7) is 0.185. The summed E-state index contributed by atoms with van der Waals surface area (Å²) in [6.07, 6.45) is 2.66. The van der Waals surface area contributed by atoms with Crippen molar-refractivity contribution in [2.75, 3.05) is 12.4 Å². The number of hydrogen-bond donors (Lipinski definition) is 1. The molecule has 0 fully saturated rings. The fourth-order valence-electron chi connectivity index (χ4n) is 3.24. The Labute approximate surface area is 147 Å². The van der Waals surface area contributed by atoms with E-state index in [-0.39, 0.29) is 17.9 Å². The lowest BCUT2D eigenvalue weighted by Gasteiger charge is -2.32. The first-order chi connectivity index (χ1) is 12.1. The number of ether oxygens (including phenoxy) is 1. The Kier molecular flexibility index (Phi) is 3.80. The zero-order valence-corrected chi connectivity index (χ0v) is 13.9. The molecule has 0 radical (unpaired) electrons. The quantitative estimate of drug-likeness (QED) is 0.918. The van der Waals surface area contributed by atoms with Crippen LogP contribution in [-0.4, -0.2) is 28.8 Å². The van der Waals surface area contributed by atoms with Crippen LogP contribution in [0.3, 0.4) is 0 Å². The molecule has 2 aromatic rings. The Bertz CT molecular complexity index is 914. The van der Waals surface area contributed by atoms with Crippen LogP contribution < -0.4 is 5.73 Å². The largest absolute Gasteiger partial charge is 0.498 e. The fraction of sp³-hybridized carbons (Fsp3) is 0.167. The van der Waals surface area contributed by atoms with Gasteiger partial charge in [0.15, 0.2) is 0 Å². The molecule has 4 rings (SSSR count). The van der Waals surface area contributed by atoms with Crippen molar-refractivity contribution in [1.29, 1.82) is 0 Å². The minimum absolute atomic E-state index is 0.0145. The average molecular weight is 355 g/mol. The van der Waals surface area contributed by atoms with E-state index in [1.807, 2.05) is 18.2 Å². The van der Waals surface area contributed by atoms with E-state index in [0.717, 1.165) is 11.8 Å². The Morgan fingerprint density at radius 1 is 1.32 bits per heavy atom. The molecule has 0 spiro atoms. The van der Waals surface area contributed by atoms with Crippen LogP contribution >= 0.6 is 11.8 Å². The Balaban J connectivity index is 2.09. The van der Waals surface area contributed by atoms with Gasteiger partial charge in [0, 0.05) is 22.5 Å². The topological polar surface area (TPSA) is 77.6 Å². The van der Waals surface area contributed by atoms with Gasteiger partial charge in [-0.1, -0.05) is 30.3 Å². The van der Waals surface area contributed by atoms with Gasteiger partial charge in [0.1, 0.15) is 23.7 Å². The average Bonchev–Trinajstić information content (AvgIpc) is 3.06. The molecular weight excluding hydrogens is 341 g/mol. The van der Waals surface area contributed by atoms with Gasteiger partial charge in [0.2, 0.25) is 0 Å². The first-order valence-electron chi connectivity index (χ1n) is 7.64. The molecule has 1 amide bonds. The van der Waals surface area contributed by atoms with Crippen LogP contribution in [0.1, 0.15) is 16.1 Å². The summed E-state index contributed by atoms with van der Waals surface area (Å²) < 4.78 is 20.4. The summed E-state index contributed by atoms with van der Waals surface area (Å²) in [5, 5.41) is 0. The first-order valence-corrected chi connectivity index (χ1v) is 8.69. The molecule has 2 aliphatic heterocycles. The third-order valence-electron chi connectivity index (χ3n) is 4.38. The summed E-state index contributed by atoms with van der Waals surface area (Å²) in [4.78, 5) is 20.6. The summed E-state index contributed by atoms with van der Waals surface area (Å²) in [5.41, 5.74) is 8.45. The standard InChI is InChI=1S/C18H14FN3O2S/c19-13-6-21-16(17(20)23)15(14(13)11-4-2-1-3-5-11)18-9-24-7-12(18)8-25-10-22-18/h1-7,10H,8-9H2,(H2,20,23). The number of hydrogen-bond acceptors (Lipinski definition) is 5. The fourth-order valence-corrected chi connectivity index (χ4v) is 4.06. The molecule has 126 valence electrons. The van der Waals surface area contributed by atoms with Crippen LogP contribution in [0.2, 0.25) is 0 Å². The number of halogens is 1. The lowest BCUT2D eigenvalue weighted by molar-refractivity contribution is 0.0992. The third kappa shape index (κ3) is 2.42. The van der Waals surface area contributed by atoms with E-state index >= 15 is 0 Å². The number of aromatic nitrogens is 1. The Morgan fingerprint density at radius 2 is 2.12 bits per heavy atom. The smallest absolute Gasteiger partial charge is 0.267 e. The number of rotatable bonds is 3. The molecule has 0 saturated carbocycles. The molecule has 0 saturated heterocycles. The number of amides is 1. The molecule has 0 bridgehead atoms. The van der Waals surface area contributed by atoms with Crippen LogP contribution in [0.4, 0.5) is 4.39 Å². The molecule has 1 aromatic heterocycles. The van der Waals surface area contributed by atoms with Crippen LogP contribution in [0.25, 0.3) is 11.1 Å². The number of primary amides is 1. The van der Waals surface area contributed by atoms with Crippen molar-refractivity contribution < 1.29 is 13.9 Å². The number of carbonyl (C=O) groups is 1. The van der Waals surface area contributed by atoms with E-state index in [0.29, 0.717) is 16.9 Å². The van der Waals surface area contributed by atoms with Gasteiger partial charge in [-0.25, -0.2) is 9.37 Å². The van der Waals surface area contributed by atoms with E-state index < -0.39 is 17.3 Å². The van der Waals surface area contributed by atoms with E-state index in [2.05, 4.69) is 9.98 Å². The number of aliphatic imine (C=N–C) groups is 1. The van der Waals surface area contributed by atoms with Crippen molar-refractivity contribution in [2.24, 2.45) is 10.7 Å². The van der Waals surface area contributed by atoms with Crippen LogP contribution in [0.15, 0.2) is 53.4 Å². The number of carbonyl (C=O) groups excluding carboxylic acids is 1. The van der Waals surface area contributed by atoms with Gasteiger partial charge in [0.05, 0.1) is 18.0 Å². The van der Waals surface area contributed by atoms with E-state index in [4.69, 9.17) is 10.5 Å². The second-order valence-electron chi connectivity index (χ2n) is 5.79. The van der Waals surface area contributed by atoms with Gasteiger partial charge >= 0.3 is 0 Å². The molecule has 7 heteroatoms. The summed E-state index contributed by atoms with van der Waals surface area (Å²) in [5.74, 6) is -0.603. The van der Waals surface area contributed by atoms with Crippen molar-refractivity contribution in [3.05, 3.63) is 65.4 Å². The minimum Gasteiger partial charge on any atom is -0.498 e. The number of fused-ring (bicyclic) bond motifs is 1. The maximum atomic E-state index is 14.9. The predicted molar refractivity (Wildman–Crippen MR) is 94.8 cm³/mol. The summed E-state index contributed by atoms with van der Waals surface area (Å²) >= 11 is 1.51. The van der Waals surface area contributed by atoms with E-state index in [1.54, 1.807) is 23.9 Å². The number of thioether (sulfide) groups is 1. The zero-order chi connectivity index (χ0) is 17.4. The first kappa shape index (κ1) is 15.8. The predicted octanol–water partition coefficient (Wildman–Crippen LogP) is 2.87. The van der Waals surface area contributed by atoms with Gasteiger partial charge < -0.3 is 10.5 Å². The van der Waals surface area contributed by atoms with Crippen molar-refractivity contribution >= 4 is 23.2 Å². The second-order valence-corrected chi connectivity index (χ2v) is 6.63. The molecule has 2 aliphatic rings. The number of pyridine rings is 1. The maximum absolute atomic E-state index is 14.9. The number of benzene rings is 1. The zero-order valence-electron chi connectivity index (χ0n) is 13.1. The highest BCUT2D eigenvalue weighted by molar-refractivity contribution is 8.12. The SMILES string of the molecule is NC(=O)c1ncc(F)c(-c2ccccc2)c1C12COC=C1CSC=N2. The highest BCUT2D eigenvalue weighted by Crippen LogP contribution is 2.47. The molecule has 2 N–H and O–H groups in total. The van der Waals surface area contributed by atoms with Gasteiger partial charge in [-0.3, -0.25) is 9.79 Å². The number of nitrogens with zero attached hydrogens (tertiary/aromatic N) is 2.